The first kappa shape index (κ1) is 11.6. The summed E-state index contributed by atoms with van der Waals surface area (Å²) in [5.74, 6) is 0.495. The van der Waals surface area contributed by atoms with Gasteiger partial charge in [-0.2, -0.15) is 0 Å². The number of amides is 1. The average molecular weight is 284 g/mol. The molecule has 0 aromatic heterocycles. The van der Waals surface area contributed by atoms with Crippen molar-refractivity contribution in [1.29, 1.82) is 0 Å². The van der Waals surface area contributed by atoms with Gasteiger partial charge in [0.1, 0.15) is 0 Å². The van der Waals surface area contributed by atoms with E-state index in [9.17, 15) is 4.79 Å². The summed E-state index contributed by atoms with van der Waals surface area (Å²) >= 11 is 3.44. The summed E-state index contributed by atoms with van der Waals surface area (Å²) in [5, 5.41) is 1.31. The standard InChI is InChI=1S/C12H14BrNO2/c1-14(16-2)12(15)11-7-10(11)8-4-3-5-9(13)6-8/h3-6,10-11H,7H2,1-2H3/t10-,11+/m0/s1. The molecular weight excluding hydrogens is 270 g/mol. The molecule has 4 heteroatoms. The first-order valence-corrected chi connectivity index (χ1v) is 6.00. The summed E-state index contributed by atoms with van der Waals surface area (Å²) < 4.78 is 1.06. The summed E-state index contributed by atoms with van der Waals surface area (Å²) in [4.78, 5) is 16.7. The Bertz CT molecular complexity index is 408. The van der Waals surface area contributed by atoms with Gasteiger partial charge in [0, 0.05) is 17.4 Å². The zero-order chi connectivity index (χ0) is 11.7. The predicted octanol–water partition coefficient (Wildman–Crippen LogP) is 2.57. The van der Waals surface area contributed by atoms with E-state index in [1.807, 2.05) is 12.1 Å². The van der Waals surface area contributed by atoms with Gasteiger partial charge in [-0.1, -0.05) is 28.1 Å². The minimum Gasteiger partial charge on any atom is -0.275 e. The highest BCUT2D eigenvalue weighted by atomic mass is 79.9. The zero-order valence-corrected chi connectivity index (χ0v) is 10.9. The number of rotatable bonds is 3. The van der Waals surface area contributed by atoms with Crippen LogP contribution in [-0.2, 0) is 9.63 Å². The van der Waals surface area contributed by atoms with Crippen molar-refractivity contribution in [3.63, 3.8) is 0 Å². The predicted molar refractivity (Wildman–Crippen MR) is 64.8 cm³/mol. The Kier molecular flexibility index (Phi) is 3.30. The molecular formula is C12H14BrNO2. The van der Waals surface area contributed by atoms with Crippen LogP contribution in [0, 0.1) is 5.92 Å². The number of benzene rings is 1. The van der Waals surface area contributed by atoms with E-state index in [1.54, 1.807) is 7.05 Å². The summed E-state index contributed by atoms with van der Waals surface area (Å²) in [6.45, 7) is 0. The molecule has 0 heterocycles. The lowest BCUT2D eigenvalue weighted by Gasteiger charge is -2.13. The Morgan fingerprint density at radius 3 is 2.94 bits per heavy atom. The van der Waals surface area contributed by atoms with Gasteiger partial charge in [-0.05, 0) is 30.0 Å². The molecule has 2 rings (SSSR count). The highest BCUT2D eigenvalue weighted by Gasteiger charge is 2.45. The van der Waals surface area contributed by atoms with Crippen molar-refractivity contribution >= 4 is 21.8 Å². The van der Waals surface area contributed by atoms with Crippen LogP contribution in [0.5, 0.6) is 0 Å². The van der Waals surface area contributed by atoms with Crippen molar-refractivity contribution in [3.05, 3.63) is 34.3 Å². The van der Waals surface area contributed by atoms with Crippen molar-refractivity contribution in [1.82, 2.24) is 5.06 Å². The summed E-state index contributed by atoms with van der Waals surface area (Å²) in [6, 6.07) is 8.13. The van der Waals surface area contributed by atoms with Crippen LogP contribution < -0.4 is 0 Å². The van der Waals surface area contributed by atoms with Crippen LogP contribution in [0.15, 0.2) is 28.7 Å². The molecule has 0 aliphatic heterocycles. The molecule has 1 aliphatic carbocycles. The SMILES string of the molecule is CON(C)C(=O)[C@@H]1C[C@H]1c1cccc(Br)c1. The Hall–Kier alpha value is -0.870. The molecule has 0 unspecified atom stereocenters. The number of halogens is 1. The number of hydrogen-bond donors (Lipinski definition) is 0. The van der Waals surface area contributed by atoms with Crippen LogP contribution in [0.1, 0.15) is 17.9 Å². The Morgan fingerprint density at radius 1 is 1.56 bits per heavy atom. The molecule has 0 saturated heterocycles. The number of nitrogens with zero attached hydrogens (tertiary/aromatic N) is 1. The maximum atomic E-state index is 11.8. The van der Waals surface area contributed by atoms with Crippen LogP contribution in [0.3, 0.4) is 0 Å². The van der Waals surface area contributed by atoms with E-state index in [0.29, 0.717) is 5.92 Å². The van der Waals surface area contributed by atoms with E-state index in [1.165, 1.54) is 17.7 Å². The fourth-order valence-electron chi connectivity index (χ4n) is 1.90. The minimum atomic E-state index is 0.0625. The van der Waals surface area contributed by atoms with Crippen molar-refractivity contribution in [2.45, 2.75) is 12.3 Å². The Labute approximate surface area is 103 Å². The van der Waals surface area contributed by atoms with Gasteiger partial charge in [-0.25, -0.2) is 5.06 Å². The molecule has 0 radical (unpaired) electrons. The highest BCUT2D eigenvalue weighted by molar-refractivity contribution is 9.10. The number of hydrogen-bond acceptors (Lipinski definition) is 2. The average Bonchev–Trinajstić information content (AvgIpc) is 3.07. The lowest BCUT2D eigenvalue weighted by Crippen LogP contribution is -2.27. The topological polar surface area (TPSA) is 29.5 Å². The van der Waals surface area contributed by atoms with Crippen molar-refractivity contribution in [2.75, 3.05) is 14.2 Å². The number of carbonyl (C=O) groups is 1. The zero-order valence-electron chi connectivity index (χ0n) is 9.31. The fourth-order valence-corrected chi connectivity index (χ4v) is 2.31. The molecule has 1 aromatic rings. The lowest BCUT2D eigenvalue weighted by atomic mass is 10.1. The third-order valence-electron chi connectivity index (χ3n) is 2.97. The van der Waals surface area contributed by atoms with Gasteiger partial charge in [-0.3, -0.25) is 9.63 Å². The van der Waals surface area contributed by atoms with Crippen LogP contribution in [0.4, 0.5) is 0 Å². The van der Waals surface area contributed by atoms with Gasteiger partial charge in [0.05, 0.1) is 7.11 Å². The lowest BCUT2D eigenvalue weighted by molar-refractivity contribution is -0.170. The maximum absolute atomic E-state index is 11.8. The quantitative estimate of drug-likeness (QED) is 0.798. The molecule has 3 nitrogen and oxygen atoms in total. The smallest absolute Gasteiger partial charge is 0.249 e. The monoisotopic (exact) mass is 283 g/mol. The van der Waals surface area contributed by atoms with Crippen LogP contribution >= 0.6 is 15.9 Å². The molecule has 2 atom stereocenters. The summed E-state index contributed by atoms with van der Waals surface area (Å²) in [6.07, 6.45) is 0.920. The van der Waals surface area contributed by atoms with Crippen molar-refractivity contribution < 1.29 is 9.63 Å². The van der Waals surface area contributed by atoms with E-state index in [4.69, 9.17) is 4.84 Å². The minimum absolute atomic E-state index is 0.0625. The molecule has 16 heavy (non-hydrogen) atoms. The maximum Gasteiger partial charge on any atom is 0.249 e. The Balaban J connectivity index is 2.04. The molecule has 1 saturated carbocycles. The summed E-state index contributed by atoms with van der Waals surface area (Å²) in [5.41, 5.74) is 1.22. The third kappa shape index (κ3) is 2.28. The van der Waals surface area contributed by atoms with Crippen LogP contribution in [0.25, 0.3) is 0 Å². The normalized spacial score (nSPS) is 22.9. The van der Waals surface area contributed by atoms with E-state index in [2.05, 4.69) is 28.1 Å². The van der Waals surface area contributed by atoms with Gasteiger partial charge >= 0.3 is 0 Å². The van der Waals surface area contributed by atoms with Gasteiger partial charge in [0.15, 0.2) is 0 Å². The van der Waals surface area contributed by atoms with Crippen LogP contribution in [0.2, 0.25) is 0 Å². The molecule has 1 fully saturated rings. The molecule has 86 valence electrons. The van der Waals surface area contributed by atoms with E-state index >= 15 is 0 Å². The molecule has 0 bridgehead atoms. The fraction of sp³-hybridized carbons (Fsp3) is 0.417. The van der Waals surface area contributed by atoms with Crippen molar-refractivity contribution in [3.8, 4) is 0 Å². The molecule has 1 amide bonds. The molecule has 1 aromatic carbocycles. The molecule has 1 aliphatic rings. The second kappa shape index (κ2) is 4.55. The van der Waals surface area contributed by atoms with Crippen LogP contribution in [-0.4, -0.2) is 25.1 Å². The number of carbonyl (C=O) groups excluding carboxylic acids is 1. The number of hydroxylamine groups is 2. The molecule has 0 spiro atoms. The van der Waals surface area contributed by atoms with Gasteiger partial charge in [-0.15, -0.1) is 0 Å². The second-order valence-corrected chi connectivity index (χ2v) is 4.94. The van der Waals surface area contributed by atoms with E-state index < -0.39 is 0 Å². The van der Waals surface area contributed by atoms with Gasteiger partial charge in [0.25, 0.3) is 0 Å². The first-order chi connectivity index (χ1) is 7.63. The second-order valence-electron chi connectivity index (χ2n) is 4.02. The largest absolute Gasteiger partial charge is 0.275 e. The third-order valence-corrected chi connectivity index (χ3v) is 3.46. The van der Waals surface area contributed by atoms with Gasteiger partial charge in [0.2, 0.25) is 5.91 Å². The highest BCUT2D eigenvalue weighted by Crippen LogP contribution is 2.48. The van der Waals surface area contributed by atoms with Crippen molar-refractivity contribution in [2.24, 2.45) is 5.92 Å². The molecule has 0 N–H and O–H groups in total. The first-order valence-electron chi connectivity index (χ1n) is 5.20. The Morgan fingerprint density at radius 2 is 2.31 bits per heavy atom. The van der Waals surface area contributed by atoms with E-state index in [-0.39, 0.29) is 11.8 Å². The van der Waals surface area contributed by atoms with E-state index in [0.717, 1.165) is 10.9 Å². The summed E-state index contributed by atoms with van der Waals surface area (Å²) in [7, 11) is 3.16. The van der Waals surface area contributed by atoms with Gasteiger partial charge < -0.3 is 0 Å².